The summed E-state index contributed by atoms with van der Waals surface area (Å²) in [5.41, 5.74) is 2.54. The molecule has 0 bridgehead atoms. The van der Waals surface area contributed by atoms with Crippen LogP contribution in [-0.4, -0.2) is 64.3 Å². The summed E-state index contributed by atoms with van der Waals surface area (Å²) >= 11 is 6.74. The molecule has 158 valence electrons. The van der Waals surface area contributed by atoms with Gasteiger partial charge in [0.05, 0.1) is 34.2 Å². The van der Waals surface area contributed by atoms with Crippen molar-refractivity contribution in [2.24, 2.45) is 0 Å². The van der Waals surface area contributed by atoms with Crippen molar-refractivity contribution in [3.05, 3.63) is 34.6 Å². The predicted octanol–water partition coefficient (Wildman–Crippen LogP) is 2.45. The highest BCUT2D eigenvalue weighted by Gasteiger charge is 2.20. The van der Waals surface area contributed by atoms with Crippen molar-refractivity contribution in [3.8, 4) is 12.1 Å². The van der Waals surface area contributed by atoms with Gasteiger partial charge in [0.15, 0.2) is 17.2 Å². The first-order valence-electron chi connectivity index (χ1n) is 9.88. The Kier molecular flexibility index (Phi) is 5.76. The van der Waals surface area contributed by atoms with Gasteiger partial charge in [0, 0.05) is 32.7 Å². The van der Waals surface area contributed by atoms with E-state index in [0.717, 1.165) is 31.9 Å². The largest absolute Gasteiger partial charge is 0.368 e. The molecule has 3 aromatic rings. The highest BCUT2D eigenvalue weighted by Crippen LogP contribution is 2.36. The van der Waals surface area contributed by atoms with Gasteiger partial charge in [-0.1, -0.05) is 11.6 Å². The van der Waals surface area contributed by atoms with Gasteiger partial charge in [0.2, 0.25) is 5.95 Å². The monoisotopic (exact) mass is 436 g/mol. The molecule has 0 atom stereocenters. The zero-order chi connectivity index (χ0) is 22.0. The molecule has 1 saturated heterocycles. The molecule has 0 amide bonds. The van der Waals surface area contributed by atoms with Gasteiger partial charge < -0.3 is 20.4 Å². The number of likely N-dealkylation sites (N-methyl/N-ethyl adjacent to an activating group) is 1. The van der Waals surface area contributed by atoms with Crippen LogP contribution in [0, 0.1) is 22.7 Å². The standard InChI is InChI=1S/C20H21ClN10/c1-3-24-18-19-25-12-14(11-23)31(19)28-20(27-18)26-15-8-13(10-22)9-16(17(15)21)30-6-4-29(2)5-7-30/h8-9,12H,3-7H2,1-2H3,(H2,24,26,27,28). The Balaban J connectivity index is 1.75. The van der Waals surface area contributed by atoms with E-state index in [0.29, 0.717) is 34.3 Å². The first-order valence-corrected chi connectivity index (χ1v) is 10.3. The van der Waals surface area contributed by atoms with Gasteiger partial charge in [0.1, 0.15) is 6.07 Å². The van der Waals surface area contributed by atoms with Gasteiger partial charge >= 0.3 is 0 Å². The van der Waals surface area contributed by atoms with Crippen LogP contribution >= 0.6 is 11.6 Å². The zero-order valence-electron chi connectivity index (χ0n) is 17.2. The van der Waals surface area contributed by atoms with Gasteiger partial charge in [-0.15, -0.1) is 5.10 Å². The molecule has 2 N–H and O–H groups in total. The molecule has 0 aliphatic carbocycles. The summed E-state index contributed by atoms with van der Waals surface area (Å²) in [6, 6.07) is 7.74. The highest BCUT2D eigenvalue weighted by molar-refractivity contribution is 6.36. The van der Waals surface area contributed by atoms with E-state index in [1.165, 1.54) is 10.7 Å². The fraction of sp³-hybridized carbons (Fsp3) is 0.350. The molecule has 3 heterocycles. The molecule has 4 rings (SSSR count). The van der Waals surface area contributed by atoms with E-state index in [1.54, 1.807) is 12.1 Å². The molecule has 31 heavy (non-hydrogen) atoms. The summed E-state index contributed by atoms with van der Waals surface area (Å²) in [6.07, 6.45) is 1.45. The number of benzene rings is 1. The summed E-state index contributed by atoms with van der Waals surface area (Å²) in [6.45, 7) is 6.03. The second-order valence-corrected chi connectivity index (χ2v) is 7.57. The number of nitrogens with one attached hydrogen (secondary N) is 2. The average molecular weight is 437 g/mol. The van der Waals surface area contributed by atoms with Crippen LogP contribution in [0.25, 0.3) is 5.65 Å². The maximum Gasteiger partial charge on any atom is 0.247 e. The first kappa shape index (κ1) is 20.7. The molecule has 1 fully saturated rings. The smallest absolute Gasteiger partial charge is 0.247 e. The quantitative estimate of drug-likeness (QED) is 0.620. The normalized spacial score (nSPS) is 14.3. The number of fused-ring (bicyclic) bond motifs is 1. The third kappa shape index (κ3) is 4.04. The topological polar surface area (TPSA) is 121 Å². The predicted molar refractivity (Wildman–Crippen MR) is 119 cm³/mol. The molecule has 1 aromatic carbocycles. The van der Waals surface area contributed by atoms with E-state index in [4.69, 9.17) is 11.6 Å². The van der Waals surface area contributed by atoms with Gasteiger partial charge in [0.25, 0.3) is 0 Å². The van der Waals surface area contributed by atoms with Crippen molar-refractivity contribution in [3.63, 3.8) is 0 Å². The van der Waals surface area contributed by atoms with Crippen molar-refractivity contribution in [2.45, 2.75) is 6.92 Å². The van der Waals surface area contributed by atoms with Crippen LogP contribution in [-0.2, 0) is 0 Å². The zero-order valence-corrected chi connectivity index (χ0v) is 18.0. The number of nitrogens with zero attached hydrogens (tertiary/aromatic N) is 8. The maximum absolute atomic E-state index is 9.54. The lowest BCUT2D eigenvalue weighted by molar-refractivity contribution is 0.313. The Bertz CT molecular complexity index is 1200. The number of rotatable bonds is 5. The van der Waals surface area contributed by atoms with Crippen LogP contribution < -0.4 is 15.5 Å². The van der Waals surface area contributed by atoms with Crippen LogP contribution in [0.5, 0.6) is 0 Å². The average Bonchev–Trinajstić information content (AvgIpc) is 3.19. The molecule has 2 aromatic heterocycles. The fourth-order valence-corrected chi connectivity index (χ4v) is 3.74. The summed E-state index contributed by atoms with van der Waals surface area (Å²) in [4.78, 5) is 13.1. The van der Waals surface area contributed by atoms with Gasteiger partial charge in [-0.2, -0.15) is 20.0 Å². The Morgan fingerprint density at radius 3 is 2.61 bits per heavy atom. The summed E-state index contributed by atoms with van der Waals surface area (Å²) in [5.74, 6) is 0.729. The van der Waals surface area contributed by atoms with Crippen LogP contribution in [0.4, 0.5) is 23.1 Å². The minimum Gasteiger partial charge on any atom is -0.368 e. The van der Waals surface area contributed by atoms with Crippen LogP contribution in [0.3, 0.4) is 0 Å². The van der Waals surface area contributed by atoms with Crippen molar-refractivity contribution < 1.29 is 0 Å². The Labute approximate surface area is 184 Å². The van der Waals surface area contributed by atoms with Gasteiger partial charge in [-0.25, -0.2) is 4.98 Å². The van der Waals surface area contributed by atoms with Crippen LogP contribution in [0.1, 0.15) is 18.2 Å². The summed E-state index contributed by atoms with van der Waals surface area (Å²) in [7, 11) is 2.08. The second-order valence-electron chi connectivity index (χ2n) is 7.19. The number of anilines is 4. The van der Waals surface area contributed by atoms with Crippen molar-refractivity contribution >= 4 is 40.4 Å². The molecule has 11 heteroatoms. The number of hydrogen-bond acceptors (Lipinski definition) is 9. The summed E-state index contributed by atoms with van der Waals surface area (Å²) < 4.78 is 1.43. The summed E-state index contributed by atoms with van der Waals surface area (Å²) in [5, 5.41) is 30.1. The lowest BCUT2D eigenvalue weighted by Gasteiger charge is -2.35. The van der Waals surface area contributed by atoms with E-state index in [-0.39, 0.29) is 11.6 Å². The lowest BCUT2D eigenvalue weighted by atomic mass is 10.1. The van der Waals surface area contributed by atoms with Gasteiger partial charge in [-0.3, -0.25) is 0 Å². The number of piperazine rings is 1. The molecule has 0 radical (unpaired) electrons. The molecule has 0 unspecified atom stereocenters. The maximum atomic E-state index is 9.54. The molecular formula is C20H21ClN10. The molecule has 0 spiro atoms. The minimum atomic E-state index is 0.235. The molecular weight excluding hydrogens is 416 g/mol. The SMILES string of the molecule is CCNc1nc(Nc2cc(C#N)cc(N3CCN(C)CC3)c2Cl)nn2c(C#N)cnc12. The number of aromatic nitrogens is 4. The van der Waals surface area contributed by atoms with Crippen LogP contribution in [0.2, 0.25) is 5.02 Å². The fourth-order valence-electron chi connectivity index (χ4n) is 3.46. The Hall–Kier alpha value is -3.60. The van der Waals surface area contributed by atoms with Gasteiger partial charge in [-0.05, 0) is 26.1 Å². The molecule has 1 aliphatic heterocycles. The second kappa shape index (κ2) is 8.64. The van der Waals surface area contributed by atoms with Crippen molar-refractivity contribution in [1.82, 2.24) is 24.5 Å². The number of nitriles is 2. The third-order valence-corrected chi connectivity index (χ3v) is 5.49. The van der Waals surface area contributed by atoms with E-state index < -0.39 is 0 Å². The van der Waals surface area contributed by atoms with E-state index in [2.05, 4.69) is 54.7 Å². The number of halogens is 1. The minimum absolute atomic E-state index is 0.235. The Morgan fingerprint density at radius 1 is 1.16 bits per heavy atom. The van der Waals surface area contributed by atoms with E-state index in [9.17, 15) is 10.5 Å². The molecule has 1 aliphatic rings. The van der Waals surface area contributed by atoms with Crippen LogP contribution in [0.15, 0.2) is 18.3 Å². The molecule has 10 nitrogen and oxygen atoms in total. The van der Waals surface area contributed by atoms with Crippen molar-refractivity contribution in [2.75, 3.05) is 55.3 Å². The number of imidazole rings is 1. The van der Waals surface area contributed by atoms with Crippen molar-refractivity contribution in [1.29, 1.82) is 10.5 Å². The third-order valence-electron chi connectivity index (χ3n) is 5.09. The highest BCUT2D eigenvalue weighted by atomic mass is 35.5. The van der Waals surface area contributed by atoms with E-state index >= 15 is 0 Å². The number of hydrogen-bond donors (Lipinski definition) is 2. The lowest BCUT2D eigenvalue weighted by Crippen LogP contribution is -2.44. The van der Waals surface area contributed by atoms with E-state index in [1.807, 2.05) is 6.92 Å². The Morgan fingerprint density at radius 2 is 1.94 bits per heavy atom. The molecule has 0 saturated carbocycles. The first-order chi connectivity index (χ1) is 15.0.